The average molecular weight is 205 g/mol. The molecule has 1 aliphatic rings. The lowest BCUT2D eigenvalue weighted by Crippen LogP contribution is -2.22. The molecule has 2 nitrogen and oxygen atoms in total. The topological polar surface area (TPSA) is 21.3 Å². The Morgan fingerprint density at radius 2 is 2.13 bits per heavy atom. The third-order valence-corrected chi connectivity index (χ3v) is 2.70. The lowest BCUT2D eigenvalue weighted by atomic mass is 10.1. The number of benzene rings is 1. The Labute approximate surface area is 91.6 Å². The van der Waals surface area contributed by atoms with Crippen molar-refractivity contribution in [2.24, 2.45) is 0 Å². The summed E-state index contributed by atoms with van der Waals surface area (Å²) >= 11 is 0. The molecule has 15 heavy (non-hydrogen) atoms. The summed E-state index contributed by atoms with van der Waals surface area (Å²) in [6, 6.07) is 7.08. The molecule has 1 N–H and O–H groups in total. The Balaban J connectivity index is 1.76. The van der Waals surface area contributed by atoms with Gasteiger partial charge in [-0.05, 0) is 38.3 Å². The summed E-state index contributed by atoms with van der Waals surface area (Å²) in [6.45, 7) is 5.92. The summed E-state index contributed by atoms with van der Waals surface area (Å²) in [7, 11) is 0. The van der Waals surface area contributed by atoms with Crippen molar-refractivity contribution >= 4 is 0 Å². The Morgan fingerprint density at radius 1 is 1.33 bits per heavy atom. The molecule has 2 rings (SSSR count). The zero-order valence-electron chi connectivity index (χ0n) is 9.55. The molecule has 0 aromatic heterocycles. The molecular formula is C13H19NO. The van der Waals surface area contributed by atoms with Crippen LogP contribution in [0.1, 0.15) is 24.0 Å². The van der Waals surface area contributed by atoms with Crippen molar-refractivity contribution in [1.82, 2.24) is 5.32 Å². The molecule has 1 fully saturated rings. The monoisotopic (exact) mass is 205 g/mol. The first-order chi connectivity index (χ1) is 7.25. The second-order valence-electron chi connectivity index (χ2n) is 4.35. The fourth-order valence-corrected chi connectivity index (χ4v) is 1.67. The third-order valence-electron chi connectivity index (χ3n) is 2.70. The van der Waals surface area contributed by atoms with Gasteiger partial charge < -0.3 is 10.1 Å². The quantitative estimate of drug-likeness (QED) is 0.745. The lowest BCUT2D eigenvalue weighted by Gasteiger charge is -2.09. The number of nitrogens with one attached hydrogen (secondary N) is 1. The molecule has 0 amide bonds. The number of rotatable bonds is 5. The van der Waals surface area contributed by atoms with Gasteiger partial charge in [0.25, 0.3) is 0 Å². The summed E-state index contributed by atoms with van der Waals surface area (Å²) in [5.74, 6) is 1.01. The molecule has 82 valence electrons. The number of aryl methyl sites for hydroxylation is 2. The average Bonchev–Trinajstić information content (AvgIpc) is 2.99. The minimum atomic E-state index is 0.764. The molecule has 0 bridgehead atoms. The van der Waals surface area contributed by atoms with E-state index in [1.165, 1.54) is 24.0 Å². The molecule has 0 aliphatic heterocycles. The second kappa shape index (κ2) is 4.67. The van der Waals surface area contributed by atoms with Gasteiger partial charge in [0.15, 0.2) is 0 Å². The van der Waals surface area contributed by atoms with E-state index in [9.17, 15) is 0 Å². The second-order valence-corrected chi connectivity index (χ2v) is 4.35. The lowest BCUT2D eigenvalue weighted by molar-refractivity contribution is 0.311. The van der Waals surface area contributed by atoms with Crippen molar-refractivity contribution < 1.29 is 4.74 Å². The van der Waals surface area contributed by atoms with E-state index >= 15 is 0 Å². The minimum Gasteiger partial charge on any atom is -0.492 e. The van der Waals surface area contributed by atoms with Gasteiger partial charge in [-0.25, -0.2) is 0 Å². The minimum absolute atomic E-state index is 0.764. The molecule has 1 aliphatic carbocycles. The largest absolute Gasteiger partial charge is 0.492 e. The van der Waals surface area contributed by atoms with Gasteiger partial charge >= 0.3 is 0 Å². The Hall–Kier alpha value is -1.02. The van der Waals surface area contributed by atoms with Gasteiger partial charge in [-0.1, -0.05) is 17.7 Å². The van der Waals surface area contributed by atoms with E-state index in [-0.39, 0.29) is 0 Å². The van der Waals surface area contributed by atoms with Crippen LogP contribution in [0.2, 0.25) is 0 Å². The van der Waals surface area contributed by atoms with Crippen LogP contribution in [0, 0.1) is 13.8 Å². The van der Waals surface area contributed by atoms with Crippen LogP contribution in [-0.4, -0.2) is 19.2 Å². The first-order valence-electron chi connectivity index (χ1n) is 5.69. The van der Waals surface area contributed by atoms with E-state index in [0.29, 0.717) is 0 Å². The van der Waals surface area contributed by atoms with Crippen LogP contribution in [0.25, 0.3) is 0 Å². The zero-order valence-corrected chi connectivity index (χ0v) is 9.55. The van der Waals surface area contributed by atoms with Gasteiger partial charge in [-0.2, -0.15) is 0 Å². The summed E-state index contributed by atoms with van der Waals surface area (Å²) < 4.78 is 5.71. The molecule has 0 heterocycles. The molecule has 0 atom stereocenters. The van der Waals surface area contributed by atoms with Crippen molar-refractivity contribution in [1.29, 1.82) is 0 Å². The van der Waals surface area contributed by atoms with Gasteiger partial charge in [0.1, 0.15) is 12.4 Å². The third kappa shape index (κ3) is 3.24. The maximum atomic E-state index is 5.71. The number of ether oxygens (including phenoxy) is 1. The summed E-state index contributed by atoms with van der Waals surface area (Å²) in [5.41, 5.74) is 2.51. The van der Waals surface area contributed by atoms with Crippen molar-refractivity contribution in [3.8, 4) is 5.75 Å². The summed E-state index contributed by atoms with van der Waals surface area (Å²) in [4.78, 5) is 0. The maximum absolute atomic E-state index is 5.71. The molecule has 0 saturated heterocycles. The van der Waals surface area contributed by atoms with E-state index in [4.69, 9.17) is 4.74 Å². The van der Waals surface area contributed by atoms with E-state index in [2.05, 4.69) is 37.4 Å². The first kappa shape index (κ1) is 10.5. The highest BCUT2D eigenvalue weighted by atomic mass is 16.5. The smallest absolute Gasteiger partial charge is 0.122 e. The first-order valence-corrected chi connectivity index (χ1v) is 5.69. The number of hydrogen-bond donors (Lipinski definition) is 1. The van der Waals surface area contributed by atoms with Gasteiger partial charge in [0.05, 0.1) is 0 Å². The van der Waals surface area contributed by atoms with Gasteiger partial charge in [0.2, 0.25) is 0 Å². The van der Waals surface area contributed by atoms with E-state index in [0.717, 1.165) is 24.9 Å². The summed E-state index contributed by atoms with van der Waals surface area (Å²) in [6.07, 6.45) is 2.67. The molecule has 1 saturated carbocycles. The molecule has 0 spiro atoms. The molecule has 0 unspecified atom stereocenters. The predicted octanol–water partition coefficient (Wildman–Crippen LogP) is 2.43. The predicted molar refractivity (Wildman–Crippen MR) is 62.4 cm³/mol. The highest BCUT2D eigenvalue weighted by Crippen LogP contribution is 2.19. The SMILES string of the molecule is Cc1ccc(OCCNC2CC2)c(C)c1. The van der Waals surface area contributed by atoms with Crippen LogP contribution < -0.4 is 10.1 Å². The molecule has 0 radical (unpaired) electrons. The van der Waals surface area contributed by atoms with Crippen LogP contribution in [0.3, 0.4) is 0 Å². The van der Waals surface area contributed by atoms with E-state index in [1.54, 1.807) is 0 Å². The van der Waals surface area contributed by atoms with Crippen LogP contribution in [0.4, 0.5) is 0 Å². The summed E-state index contributed by atoms with van der Waals surface area (Å²) in [5, 5.41) is 3.43. The van der Waals surface area contributed by atoms with Crippen molar-refractivity contribution in [3.05, 3.63) is 29.3 Å². The fraction of sp³-hybridized carbons (Fsp3) is 0.538. The highest BCUT2D eigenvalue weighted by Gasteiger charge is 2.19. The molecule has 2 heteroatoms. The van der Waals surface area contributed by atoms with Crippen molar-refractivity contribution in [3.63, 3.8) is 0 Å². The van der Waals surface area contributed by atoms with Crippen LogP contribution in [0.15, 0.2) is 18.2 Å². The Morgan fingerprint density at radius 3 is 2.80 bits per heavy atom. The van der Waals surface area contributed by atoms with Gasteiger partial charge in [-0.3, -0.25) is 0 Å². The normalized spacial score (nSPS) is 15.3. The number of hydrogen-bond acceptors (Lipinski definition) is 2. The van der Waals surface area contributed by atoms with Crippen LogP contribution in [0.5, 0.6) is 5.75 Å². The van der Waals surface area contributed by atoms with Crippen LogP contribution >= 0.6 is 0 Å². The Kier molecular flexibility index (Phi) is 3.27. The van der Waals surface area contributed by atoms with E-state index < -0.39 is 0 Å². The van der Waals surface area contributed by atoms with E-state index in [1.807, 2.05) is 0 Å². The van der Waals surface area contributed by atoms with Crippen LogP contribution in [-0.2, 0) is 0 Å². The molecule has 1 aromatic rings. The molecule has 1 aromatic carbocycles. The van der Waals surface area contributed by atoms with Gasteiger partial charge in [-0.15, -0.1) is 0 Å². The standard InChI is InChI=1S/C13H19NO/c1-10-3-6-13(11(2)9-10)15-8-7-14-12-4-5-12/h3,6,9,12,14H,4-5,7-8H2,1-2H3. The maximum Gasteiger partial charge on any atom is 0.122 e. The highest BCUT2D eigenvalue weighted by molar-refractivity contribution is 5.35. The van der Waals surface area contributed by atoms with Gasteiger partial charge in [0, 0.05) is 12.6 Å². The zero-order chi connectivity index (χ0) is 10.7. The Bertz CT molecular complexity index is 331. The molecular weight excluding hydrogens is 186 g/mol. The van der Waals surface area contributed by atoms with Crippen molar-refractivity contribution in [2.45, 2.75) is 32.7 Å². The van der Waals surface area contributed by atoms with Crippen molar-refractivity contribution in [2.75, 3.05) is 13.2 Å². The fourth-order valence-electron chi connectivity index (χ4n) is 1.67.